The van der Waals surface area contributed by atoms with E-state index in [-0.39, 0.29) is 5.56 Å². The Morgan fingerprint density at radius 3 is 2.50 bits per heavy atom. The second-order valence-electron chi connectivity index (χ2n) is 3.62. The Labute approximate surface area is 101 Å². The summed E-state index contributed by atoms with van der Waals surface area (Å²) in [5.74, 6) is 0. The lowest BCUT2D eigenvalue weighted by atomic mass is 9.97. The molecule has 0 bridgehead atoms. The van der Waals surface area contributed by atoms with Crippen molar-refractivity contribution < 1.29 is 13.2 Å². The Morgan fingerprint density at radius 1 is 1.38 bits per heavy atom. The molecule has 1 aromatic carbocycles. The average Bonchev–Trinajstić information content (AvgIpc) is 2.16. The van der Waals surface area contributed by atoms with Crippen molar-refractivity contribution in [3.05, 3.63) is 33.8 Å². The van der Waals surface area contributed by atoms with Crippen LogP contribution < -0.4 is 5.73 Å². The van der Waals surface area contributed by atoms with Crippen molar-refractivity contribution in [2.45, 2.75) is 32.0 Å². The minimum absolute atomic E-state index is 0.164. The number of halogens is 4. The molecule has 0 unspecified atom stereocenters. The molecule has 0 saturated heterocycles. The lowest BCUT2D eigenvalue weighted by Crippen LogP contribution is -2.17. The fourth-order valence-electron chi connectivity index (χ4n) is 1.56. The lowest BCUT2D eigenvalue weighted by molar-refractivity contribution is -0.138. The fraction of sp³-hybridized carbons (Fsp3) is 0.455. The number of nitrogens with two attached hydrogens (primary N) is 1. The van der Waals surface area contributed by atoms with E-state index < -0.39 is 17.8 Å². The third-order valence-corrected chi connectivity index (χ3v) is 2.81. The third kappa shape index (κ3) is 3.22. The van der Waals surface area contributed by atoms with Crippen molar-refractivity contribution in [2.24, 2.45) is 5.73 Å². The molecule has 2 N–H and O–H groups in total. The number of alkyl halides is 3. The van der Waals surface area contributed by atoms with Gasteiger partial charge >= 0.3 is 6.18 Å². The van der Waals surface area contributed by atoms with Crippen molar-refractivity contribution >= 4 is 15.9 Å². The molecule has 0 aliphatic rings. The zero-order chi connectivity index (χ0) is 12.3. The van der Waals surface area contributed by atoms with Crippen LogP contribution in [-0.4, -0.2) is 0 Å². The molecule has 0 aliphatic carbocycles. The zero-order valence-corrected chi connectivity index (χ0v) is 10.4. The number of benzene rings is 1. The second-order valence-corrected chi connectivity index (χ2v) is 4.54. The predicted octanol–water partition coefficient (Wildman–Crippen LogP) is 4.27. The third-order valence-electron chi connectivity index (χ3n) is 2.32. The summed E-state index contributed by atoms with van der Waals surface area (Å²) in [4.78, 5) is 0. The lowest BCUT2D eigenvalue weighted by Gasteiger charge is -2.18. The van der Waals surface area contributed by atoms with E-state index in [1.807, 2.05) is 6.92 Å². The Kier molecular flexibility index (Phi) is 4.38. The molecule has 0 aliphatic heterocycles. The van der Waals surface area contributed by atoms with Crippen molar-refractivity contribution in [3.8, 4) is 0 Å². The highest BCUT2D eigenvalue weighted by Gasteiger charge is 2.34. The zero-order valence-electron chi connectivity index (χ0n) is 8.81. The van der Waals surface area contributed by atoms with Crippen molar-refractivity contribution in [1.82, 2.24) is 0 Å². The van der Waals surface area contributed by atoms with Gasteiger partial charge in [0, 0.05) is 10.5 Å². The van der Waals surface area contributed by atoms with Gasteiger partial charge in [0.15, 0.2) is 0 Å². The van der Waals surface area contributed by atoms with Crippen LogP contribution in [0.2, 0.25) is 0 Å². The number of hydrogen-bond acceptors (Lipinski definition) is 1. The van der Waals surface area contributed by atoms with Crippen LogP contribution in [0.5, 0.6) is 0 Å². The Bertz CT molecular complexity index is 363. The van der Waals surface area contributed by atoms with Crippen LogP contribution in [0.15, 0.2) is 22.7 Å². The molecular formula is C11H13BrF3N. The van der Waals surface area contributed by atoms with Gasteiger partial charge in [0.25, 0.3) is 0 Å². The molecule has 1 aromatic rings. The smallest absolute Gasteiger partial charge is 0.324 e. The minimum atomic E-state index is -4.36. The molecule has 0 saturated carbocycles. The molecule has 0 aromatic heterocycles. The Morgan fingerprint density at radius 2 is 2.00 bits per heavy atom. The van der Waals surface area contributed by atoms with Crippen LogP contribution >= 0.6 is 15.9 Å². The van der Waals surface area contributed by atoms with Crippen LogP contribution in [-0.2, 0) is 6.18 Å². The van der Waals surface area contributed by atoms with Crippen LogP contribution in [0.4, 0.5) is 13.2 Å². The van der Waals surface area contributed by atoms with E-state index in [0.717, 1.165) is 12.5 Å². The molecule has 1 rings (SSSR count). The molecule has 0 radical (unpaired) electrons. The summed E-state index contributed by atoms with van der Waals surface area (Å²) in [5, 5.41) is 0. The van der Waals surface area contributed by atoms with Crippen LogP contribution in [0.25, 0.3) is 0 Å². The summed E-state index contributed by atoms with van der Waals surface area (Å²) in [5.41, 5.74) is 5.25. The van der Waals surface area contributed by atoms with Gasteiger partial charge in [-0.2, -0.15) is 13.2 Å². The summed E-state index contributed by atoms with van der Waals surface area (Å²) in [6.45, 7) is 1.89. The van der Waals surface area contributed by atoms with Gasteiger partial charge in [-0.05, 0) is 24.1 Å². The molecule has 0 spiro atoms. The molecule has 0 heterocycles. The fourth-order valence-corrected chi connectivity index (χ4v) is 1.92. The standard InChI is InChI=1S/C11H13BrF3N/c1-2-3-10(16)8-5-4-7(12)6-9(8)11(13,14)15/h4-6,10H,2-3,16H2,1H3/t10-/m0/s1. The molecule has 1 atom stereocenters. The summed E-state index contributed by atoms with van der Waals surface area (Å²) in [6.07, 6.45) is -3.05. The highest BCUT2D eigenvalue weighted by Crippen LogP contribution is 2.36. The first-order valence-electron chi connectivity index (χ1n) is 4.98. The predicted molar refractivity (Wildman–Crippen MR) is 61.0 cm³/mol. The summed E-state index contributed by atoms with van der Waals surface area (Å²) in [6, 6.07) is 3.53. The minimum Gasteiger partial charge on any atom is -0.324 e. The summed E-state index contributed by atoms with van der Waals surface area (Å²) >= 11 is 3.04. The van der Waals surface area contributed by atoms with Crippen LogP contribution in [0, 0.1) is 0 Å². The van der Waals surface area contributed by atoms with Gasteiger partial charge in [-0.1, -0.05) is 35.3 Å². The maximum atomic E-state index is 12.8. The average molecular weight is 296 g/mol. The quantitative estimate of drug-likeness (QED) is 0.885. The maximum absolute atomic E-state index is 12.8. The van der Waals surface area contributed by atoms with Gasteiger partial charge in [0.1, 0.15) is 0 Å². The van der Waals surface area contributed by atoms with E-state index >= 15 is 0 Å². The molecule has 5 heteroatoms. The summed E-state index contributed by atoms with van der Waals surface area (Å²) < 4.78 is 38.7. The molecule has 16 heavy (non-hydrogen) atoms. The van der Waals surface area contributed by atoms with Crippen LogP contribution in [0.1, 0.15) is 36.9 Å². The van der Waals surface area contributed by atoms with Gasteiger partial charge in [-0.25, -0.2) is 0 Å². The van der Waals surface area contributed by atoms with Crippen molar-refractivity contribution in [2.75, 3.05) is 0 Å². The molecule has 90 valence electrons. The normalized spacial score (nSPS) is 13.9. The van der Waals surface area contributed by atoms with E-state index in [1.54, 1.807) is 6.07 Å². The maximum Gasteiger partial charge on any atom is 0.416 e. The SMILES string of the molecule is CCC[C@H](N)c1ccc(Br)cc1C(F)(F)F. The van der Waals surface area contributed by atoms with Gasteiger partial charge in [0.05, 0.1) is 5.56 Å². The highest BCUT2D eigenvalue weighted by molar-refractivity contribution is 9.10. The van der Waals surface area contributed by atoms with E-state index in [1.165, 1.54) is 6.07 Å². The van der Waals surface area contributed by atoms with Crippen LogP contribution in [0.3, 0.4) is 0 Å². The Balaban J connectivity index is 3.18. The van der Waals surface area contributed by atoms with Gasteiger partial charge in [-0.15, -0.1) is 0 Å². The van der Waals surface area contributed by atoms with E-state index in [2.05, 4.69) is 15.9 Å². The number of hydrogen-bond donors (Lipinski definition) is 1. The first kappa shape index (κ1) is 13.5. The molecule has 0 amide bonds. The van der Waals surface area contributed by atoms with E-state index in [4.69, 9.17) is 5.73 Å². The van der Waals surface area contributed by atoms with Crippen molar-refractivity contribution in [3.63, 3.8) is 0 Å². The molecular weight excluding hydrogens is 283 g/mol. The largest absolute Gasteiger partial charge is 0.416 e. The molecule has 1 nitrogen and oxygen atoms in total. The highest BCUT2D eigenvalue weighted by atomic mass is 79.9. The van der Waals surface area contributed by atoms with Crippen molar-refractivity contribution in [1.29, 1.82) is 0 Å². The van der Waals surface area contributed by atoms with Gasteiger partial charge < -0.3 is 5.73 Å². The first-order chi connectivity index (χ1) is 7.36. The topological polar surface area (TPSA) is 26.0 Å². The second kappa shape index (κ2) is 5.19. The number of rotatable bonds is 3. The van der Waals surface area contributed by atoms with Gasteiger partial charge in [-0.3, -0.25) is 0 Å². The van der Waals surface area contributed by atoms with Gasteiger partial charge in [0.2, 0.25) is 0 Å². The summed E-state index contributed by atoms with van der Waals surface area (Å²) in [7, 11) is 0. The molecule has 0 fully saturated rings. The van der Waals surface area contributed by atoms with E-state index in [9.17, 15) is 13.2 Å². The first-order valence-corrected chi connectivity index (χ1v) is 5.77. The Hall–Kier alpha value is -0.550. The monoisotopic (exact) mass is 295 g/mol. The van der Waals surface area contributed by atoms with E-state index in [0.29, 0.717) is 10.9 Å².